The summed E-state index contributed by atoms with van der Waals surface area (Å²) >= 11 is 5.53. The summed E-state index contributed by atoms with van der Waals surface area (Å²) in [6.07, 6.45) is 2.85. The molecule has 1 aliphatic carbocycles. The highest BCUT2D eigenvalue weighted by Gasteiger charge is 2.38. The van der Waals surface area contributed by atoms with Crippen LogP contribution in [0.25, 0.3) is 0 Å². The molecule has 0 atom stereocenters. The number of hydrogen-bond donors (Lipinski definition) is 0. The number of alkyl halides is 1. The maximum Gasteiger partial charge on any atom is 0.321 e. The van der Waals surface area contributed by atoms with Gasteiger partial charge in [0.2, 0.25) is 10.0 Å². The molecule has 1 aliphatic rings. The van der Waals surface area contributed by atoms with Crippen molar-refractivity contribution in [1.82, 2.24) is 4.31 Å². The molecule has 7 heteroatoms. The number of halogens is 1. The maximum absolute atomic E-state index is 12.1. The summed E-state index contributed by atoms with van der Waals surface area (Å²) < 4.78 is 30.3. The number of rotatable bonds is 9. The first-order valence-corrected chi connectivity index (χ1v) is 8.36. The van der Waals surface area contributed by atoms with E-state index in [1.807, 2.05) is 0 Å². The van der Waals surface area contributed by atoms with E-state index in [-0.39, 0.29) is 24.9 Å². The van der Waals surface area contributed by atoms with Gasteiger partial charge >= 0.3 is 5.97 Å². The van der Waals surface area contributed by atoms with Crippen molar-refractivity contribution in [2.45, 2.75) is 38.6 Å². The zero-order valence-electron chi connectivity index (χ0n) is 10.6. The van der Waals surface area contributed by atoms with E-state index in [0.717, 1.165) is 12.8 Å². The van der Waals surface area contributed by atoms with E-state index >= 15 is 0 Å². The summed E-state index contributed by atoms with van der Waals surface area (Å²) in [6.45, 7) is 1.81. The molecule has 0 heterocycles. The summed E-state index contributed by atoms with van der Waals surface area (Å²) in [6, 6.07) is -0.0181. The monoisotopic (exact) mass is 297 g/mol. The third-order valence-corrected chi connectivity index (χ3v) is 4.90. The molecule has 0 aromatic carbocycles. The van der Waals surface area contributed by atoms with Crippen molar-refractivity contribution >= 4 is 27.6 Å². The molecule has 0 aromatic heterocycles. The Morgan fingerprint density at radius 3 is 2.56 bits per heavy atom. The van der Waals surface area contributed by atoms with E-state index in [9.17, 15) is 13.2 Å². The highest BCUT2D eigenvalue weighted by molar-refractivity contribution is 7.89. The summed E-state index contributed by atoms with van der Waals surface area (Å²) in [5.41, 5.74) is 0. The minimum absolute atomic E-state index is 0.0181. The lowest BCUT2D eigenvalue weighted by molar-refractivity contribution is -0.143. The van der Waals surface area contributed by atoms with Crippen molar-refractivity contribution in [3.05, 3.63) is 0 Å². The lowest BCUT2D eigenvalue weighted by atomic mass is 10.4. The topological polar surface area (TPSA) is 63.7 Å². The minimum Gasteiger partial charge on any atom is -0.465 e. The Hall–Kier alpha value is -0.330. The molecule has 0 radical (unpaired) electrons. The second-order valence-electron chi connectivity index (χ2n) is 4.29. The number of carbonyl (C=O) groups is 1. The van der Waals surface area contributed by atoms with Crippen molar-refractivity contribution in [2.75, 3.05) is 24.8 Å². The van der Waals surface area contributed by atoms with Gasteiger partial charge in [-0.25, -0.2) is 8.42 Å². The molecule has 0 bridgehead atoms. The van der Waals surface area contributed by atoms with Crippen molar-refractivity contribution in [2.24, 2.45) is 0 Å². The van der Waals surface area contributed by atoms with E-state index < -0.39 is 16.0 Å². The second kappa shape index (κ2) is 7.31. The molecule has 1 fully saturated rings. The fourth-order valence-electron chi connectivity index (χ4n) is 1.65. The van der Waals surface area contributed by atoms with Crippen molar-refractivity contribution in [1.29, 1.82) is 0 Å². The number of unbranched alkanes of at least 4 members (excludes halogenated alkanes) is 1. The predicted octanol–water partition coefficient (Wildman–Crippen LogP) is 1.36. The molecule has 5 nitrogen and oxygen atoms in total. The first-order valence-electron chi connectivity index (χ1n) is 6.22. The molecular formula is C11H20ClNO4S. The highest BCUT2D eigenvalue weighted by Crippen LogP contribution is 2.29. The average molecular weight is 298 g/mol. The lowest BCUT2D eigenvalue weighted by Crippen LogP contribution is -2.39. The molecule has 0 N–H and O–H groups in total. The van der Waals surface area contributed by atoms with Crippen LogP contribution in [0, 0.1) is 0 Å². The average Bonchev–Trinajstić information content (AvgIpc) is 3.10. The molecule has 106 valence electrons. The Morgan fingerprint density at radius 1 is 1.39 bits per heavy atom. The summed E-state index contributed by atoms with van der Waals surface area (Å²) in [5, 5.41) is 0. The largest absolute Gasteiger partial charge is 0.465 e. The molecule has 0 unspecified atom stereocenters. The Bertz CT molecular complexity index is 367. The maximum atomic E-state index is 12.1. The first-order chi connectivity index (χ1) is 8.51. The van der Waals surface area contributed by atoms with Crippen LogP contribution >= 0.6 is 11.6 Å². The van der Waals surface area contributed by atoms with E-state index in [4.69, 9.17) is 16.3 Å². The second-order valence-corrected chi connectivity index (χ2v) is 6.71. The zero-order valence-corrected chi connectivity index (χ0v) is 12.2. The third-order valence-electron chi connectivity index (χ3n) is 2.69. The zero-order chi connectivity index (χ0) is 13.6. The van der Waals surface area contributed by atoms with Crippen molar-refractivity contribution < 1.29 is 17.9 Å². The van der Waals surface area contributed by atoms with Gasteiger partial charge in [-0.1, -0.05) is 0 Å². The van der Waals surface area contributed by atoms with Gasteiger partial charge in [0, 0.05) is 11.9 Å². The molecular weight excluding hydrogens is 278 g/mol. The number of sulfonamides is 1. The van der Waals surface area contributed by atoms with E-state index in [0.29, 0.717) is 18.7 Å². The van der Waals surface area contributed by atoms with Gasteiger partial charge in [-0.2, -0.15) is 4.31 Å². The van der Waals surface area contributed by atoms with Crippen LogP contribution in [0.1, 0.15) is 32.6 Å². The summed E-state index contributed by atoms with van der Waals surface area (Å²) in [4.78, 5) is 11.4. The van der Waals surface area contributed by atoms with Gasteiger partial charge in [-0.05, 0) is 32.6 Å². The first kappa shape index (κ1) is 15.7. The molecule has 1 rings (SSSR count). The van der Waals surface area contributed by atoms with Crippen LogP contribution in [0.4, 0.5) is 0 Å². The van der Waals surface area contributed by atoms with Crippen LogP contribution in [0.5, 0.6) is 0 Å². The van der Waals surface area contributed by atoms with Gasteiger partial charge in [0.1, 0.15) is 6.54 Å². The van der Waals surface area contributed by atoms with Gasteiger partial charge in [0.15, 0.2) is 0 Å². The van der Waals surface area contributed by atoms with Crippen LogP contribution in [0.15, 0.2) is 0 Å². The van der Waals surface area contributed by atoms with E-state index in [1.165, 1.54) is 4.31 Å². The number of carbonyl (C=O) groups excluding carboxylic acids is 1. The Labute approximate surface area is 113 Å². The molecule has 0 spiro atoms. The fraction of sp³-hybridized carbons (Fsp3) is 0.909. The fourth-order valence-corrected chi connectivity index (χ4v) is 3.61. The molecule has 0 amide bonds. The molecule has 1 saturated carbocycles. The van der Waals surface area contributed by atoms with Gasteiger partial charge in [0.05, 0.1) is 12.4 Å². The standard InChI is InChI=1S/C11H20ClNO4S/c1-2-17-11(14)9-13(10-5-6-10)18(15,16)8-4-3-7-12/h10H,2-9H2,1H3. The van der Waals surface area contributed by atoms with Gasteiger partial charge in [-0.3, -0.25) is 4.79 Å². The van der Waals surface area contributed by atoms with Crippen LogP contribution in [-0.2, 0) is 19.6 Å². The van der Waals surface area contributed by atoms with Crippen molar-refractivity contribution in [3.8, 4) is 0 Å². The Morgan fingerprint density at radius 2 is 2.06 bits per heavy atom. The number of esters is 1. The third kappa shape index (κ3) is 5.12. The van der Waals surface area contributed by atoms with Gasteiger partial charge in [-0.15, -0.1) is 11.6 Å². The number of nitrogens with zero attached hydrogens (tertiary/aromatic N) is 1. The number of ether oxygens (including phenoxy) is 1. The molecule has 18 heavy (non-hydrogen) atoms. The smallest absolute Gasteiger partial charge is 0.321 e. The predicted molar refractivity (Wildman–Crippen MR) is 70.1 cm³/mol. The lowest BCUT2D eigenvalue weighted by Gasteiger charge is -2.20. The highest BCUT2D eigenvalue weighted by atomic mass is 35.5. The van der Waals surface area contributed by atoms with Crippen LogP contribution in [0.3, 0.4) is 0 Å². The van der Waals surface area contributed by atoms with Crippen LogP contribution < -0.4 is 0 Å². The van der Waals surface area contributed by atoms with Crippen LogP contribution in [0.2, 0.25) is 0 Å². The molecule has 0 saturated heterocycles. The Kier molecular flexibility index (Phi) is 6.38. The number of hydrogen-bond acceptors (Lipinski definition) is 4. The molecule has 0 aromatic rings. The van der Waals surface area contributed by atoms with Crippen LogP contribution in [-0.4, -0.2) is 49.5 Å². The molecule has 0 aliphatic heterocycles. The van der Waals surface area contributed by atoms with E-state index in [1.54, 1.807) is 6.92 Å². The van der Waals surface area contributed by atoms with Gasteiger partial charge in [0.25, 0.3) is 0 Å². The SMILES string of the molecule is CCOC(=O)CN(C1CC1)S(=O)(=O)CCCCCl. The quantitative estimate of drug-likeness (QED) is 0.366. The summed E-state index contributed by atoms with van der Waals surface area (Å²) in [5.74, 6) is 0.0252. The van der Waals surface area contributed by atoms with E-state index in [2.05, 4.69) is 0 Å². The Balaban J connectivity index is 2.57. The minimum atomic E-state index is -3.37. The van der Waals surface area contributed by atoms with Gasteiger partial charge < -0.3 is 4.74 Å². The summed E-state index contributed by atoms with van der Waals surface area (Å²) in [7, 11) is -3.37. The van der Waals surface area contributed by atoms with Crippen molar-refractivity contribution in [3.63, 3.8) is 0 Å². The normalized spacial score (nSPS) is 15.9.